The molecular weight excluding hydrogens is 192 g/mol. The standard InChI is InChI=1S/C11H6N2O2/c14-10-6-1-2-12-3-7(6)11(15)9-5-13-4-8(9)10/h1-5,13H. The summed E-state index contributed by atoms with van der Waals surface area (Å²) in [6.07, 6.45) is 6.05. The van der Waals surface area contributed by atoms with Crippen LogP contribution in [0.4, 0.5) is 0 Å². The summed E-state index contributed by atoms with van der Waals surface area (Å²) in [7, 11) is 0. The van der Waals surface area contributed by atoms with Crippen LogP contribution in [0.1, 0.15) is 31.8 Å². The predicted molar refractivity (Wildman–Crippen MR) is 51.9 cm³/mol. The van der Waals surface area contributed by atoms with Gasteiger partial charge in [0.15, 0.2) is 11.6 Å². The predicted octanol–water partition coefficient (Wildman–Crippen LogP) is 1.19. The molecule has 15 heavy (non-hydrogen) atoms. The molecule has 0 unspecified atom stereocenters. The van der Waals surface area contributed by atoms with Gasteiger partial charge >= 0.3 is 0 Å². The first-order chi connectivity index (χ1) is 7.29. The van der Waals surface area contributed by atoms with Crippen molar-refractivity contribution in [2.24, 2.45) is 0 Å². The van der Waals surface area contributed by atoms with Gasteiger partial charge in [0.1, 0.15) is 0 Å². The van der Waals surface area contributed by atoms with Crippen LogP contribution in [0.5, 0.6) is 0 Å². The minimum Gasteiger partial charge on any atom is -0.366 e. The zero-order valence-electron chi connectivity index (χ0n) is 7.65. The van der Waals surface area contributed by atoms with Gasteiger partial charge in [-0.3, -0.25) is 14.6 Å². The molecule has 2 heterocycles. The second-order valence-corrected chi connectivity index (χ2v) is 3.36. The van der Waals surface area contributed by atoms with Crippen LogP contribution < -0.4 is 0 Å². The van der Waals surface area contributed by atoms with E-state index in [0.29, 0.717) is 22.3 Å². The molecule has 0 aliphatic heterocycles. The molecule has 0 bridgehead atoms. The molecule has 2 aromatic rings. The molecule has 4 nitrogen and oxygen atoms in total. The van der Waals surface area contributed by atoms with E-state index in [1.807, 2.05) is 0 Å². The van der Waals surface area contributed by atoms with E-state index in [9.17, 15) is 9.59 Å². The molecule has 0 aromatic carbocycles. The van der Waals surface area contributed by atoms with Gasteiger partial charge in [0.25, 0.3) is 0 Å². The van der Waals surface area contributed by atoms with Crippen molar-refractivity contribution in [2.45, 2.75) is 0 Å². The number of nitrogens with zero attached hydrogens (tertiary/aromatic N) is 1. The average molecular weight is 198 g/mol. The summed E-state index contributed by atoms with van der Waals surface area (Å²) in [6.45, 7) is 0. The third-order valence-corrected chi connectivity index (χ3v) is 2.55. The van der Waals surface area contributed by atoms with Crippen LogP contribution in [0.3, 0.4) is 0 Å². The summed E-state index contributed by atoms with van der Waals surface area (Å²) >= 11 is 0. The molecule has 0 fully saturated rings. The fraction of sp³-hybridized carbons (Fsp3) is 0. The number of pyridine rings is 1. The number of fused-ring (bicyclic) bond motifs is 2. The quantitative estimate of drug-likeness (QED) is 0.590. The number of rotatable bonds is 0. The summed E-state index contributed by atoms with van der Waals surface area (Å²) in [5.74, 6) is -0.266. The molecule has 0 atom stereocenters. The van der Waals surface area contributed by atoms with Crippen molar-refractivity contribution < 1.29 is 9.59 Å². The maximum absolute atomic E-state index is 11.9. The van der Waals surface area contributed by atoms with Crippen molar-refractivity contribution in [1.82, 2.24) is 9.97 Å². The number of carbonyl (C=O) groups excluding carboxylic acids is 2. The number of aromatic nitrogens is 2. The van der Waals surface area contributed by atoms with E-state index in [0.717, 1.165) is 0 Å². The lowest BCUT2D eigenvalue weighted by Crippen LogP contribution is -2.19. The van der Waals surface area contributed by atoms with E-state index >= 15 is 0 Å². The Labute approximate surface area is 85.0 Å². The van der Waals surface area contributed by atoms with Crippen LogP contribution in [0.15, 0.2) is 30.9 Å². The minimum atomic E-state index is -0.144. The molecule has 1 aliphatic rings. The van der Waals surface area contributed by atoms with Gasteiger partial charge in [0, 0.05) is 30.4 Å². The van der Waals surface area contributed by atoms with Crippen LogP contribution >= 0.6 is 0 Å². The maximum Gasteiger partial charge on any atom is 0.197 e. The summed E-state index contributed by atoms with van der Waals surface area (Å²) in [4.78, 5) is 30.4. The molecule has 0 saturated carbocycles. The van der Waals surface area contributed by atoms with Crippen molar-refractivity contribution >= 4 is 11.6 Å². The van der Waals surface area contributed by atoms with Gasteiger partial charge < -0.3 is 4.98 Å². The molecule has 0 radical (unpaired) electrons. The molecule has 3 rings (SSSR count). The number of hydrogen-bond acceptors (Lipinski definition) is 3. The first kappa shape index (κ1) is 8.11. The SMILES string of the molecule is O=C1c2ccncc2C(=O)c2c[nH]cc21. The number of hydrogen-bond donors (Lipinski definition) is 1. The highest BCUT2D eigenvalue weighted by atomic mass is 16.1. The Kier molecular flexibility index (Phi) is 1.42. The first-order valence-electron chi connectivity index (χ1n) is 4.49. The maximum atomic E-state index is 11.9. The van der Waals surface area contributed by atoms with Gasteiger partial charge in [-0.15, -0.1) is 0 Å². The largest absolute Gasteiger partial charge is 0.366 e. The van der Waals surface area contributed by atoms with E-state index in [2.05, 4.69) is 9.97 Å². The fourth-order valence-corrected chi connectivity index (χ4v) is 1.80. The van der Waals surface area contributed by atoms with Crippen molar-refractivity contribution in [1.29, 1.82) is 0 Å². The van der Waals surface area contributed by atoms with E-state index < -0.39 is 0 Å². The van der Waals surface area contributed by atoms with Gasteiger partial charge in [-0.1, -0.05) is 0 Å². The zero-order valence-corrected chi connectivity index (χ0v) is 7.65. The van der Waals surface area contributed by atoms with E-state index in [-0.39, 0.29) is 11.6 Å². The summed E-state index contributed by atoms with van der Waals surface area (Å²) in [6, 6.07) is 1.57. The third kappa shape index (κ3) is 0.929. The molecule has 0 amide bonds. The fourth-order valence-electron chi connectivity index (χ4n) is 1.80. The lowest BCUT2D eigenvalue weighted by atomic mass is 9.88. The lowest BCUT2D eigenvalue weighted by molar-refractivity contribution is 0.0979. The normalized spacial score (nSPS) is 13.6. The Hall–Kier alpha value is -2.23. The van der Waals surface area contributed by atoms with E-state index in [1.165, 1.54) is 12.4 Å². The van der Waals surface area contributed by atoms with Crippen LogP contribution in [-0.2, 0) is 0 Å². The van der Waals surface area contributed by atoms with Crippen molar-refractivity contribution in [3.63, 3.8) is 0 Å². The first-order valence-corrected chi connectivity index (χ1v) is 4.49. The Morgan fingerprint density at radius 1 is 0.933 bits per heavy atom. The average Bonchev–Trinajstić information content (AvgIpc) is 2.75. The Bertz CT molecular complexity index is 534. The second-order valence-electron chi connectivity index (χ2n) is 3.36. The van der Waals surface area contributed by atoms with Gasteiger partial charge in [0.2, 0.25) is 0 Å². The highest BCUT2D eigenvalue weighted by molar-refractivity contribution is 6.28. The van der Waals surface area contributed by atoms with Crippen LogP contribution in [0, 0.1) is 0 Å². The number of carbonyl (C=O) groups is 2. The molecule has 1 aliphatic carbocycles. The summed E-state index contributed by atoms with van der Waals surface area (Å²) in [5.41, 5.74) is 1.69. The number of H-pyrrole nitrogens is 1. The van der Waals surface area contributed by atoms with Crippen LogP contribution in [-0.4, -0.2) is 21.5 Å². The minimum absolute atomic E-state index is 0.122. The molecular formula is C11H6N2O2. The molecule has 1 N–H and O–H groups in total. The van der Waals surface area contributed by atoms with Crippen molar-refractivity contribution in [2.75, 3.05) is 0 Å². The molecule has 0 spiro atoms. The lowest BCUT2D eigenvalue weighted by Gasteiger charge is -2.12. The van der Waals surface area contributed by atoms with Gasteiger partial charge in [0.05, 0.1) is 16.7 Å². The molecule has 72 valence electrons. The van der Waals surface area contributed by atoms with Gasteiger partial charge in [-0.05, 0) is 6.07 Å². The number of aromatic amines is 1. The van der Waals surface area contributed by atoms with Gasteiger partial charge in [-0.2, -0.15) is 0 Å². The topological polar surface area (TPSA) is 62.8 Å². The summed E-state index contributed by atoms with van der Waals surface area (Å²) in [5, 5.41) is 0. The van der Waals surface area contributed by atoms with Crippen molar-refractivity contribution in [3.05, 3.63) is 53.1 Å². The highest BCUT2D eigenvalue weighted by Gasteiger charge is 2.29. The Morgan fingerprint density at radius 3 is 2.33 bits per heavy atom. The van der Waals surface area contributed by atoms with Gasteiger partial charge in [-0.25, -0.2) is 0 Å². The van der Waals surface area contributed by atoms with E-state index in [1.54, 1.807) is 18.5 Å². The molecule has 0 saturated heterocycles. The Morgan fingerprint density at radius 2 is 1.60 bits per heavy atom. The molecule has 2 aromatic heterocycles. The third-order valence-electron chi connectivity index (χ3n) is 2.55. The smallest absolute Gasteiger partial charge is 0.197 e. The van der Waals surface area contributed by atoms with Crippen LogP contribution in [0.25, 0.3) is 0 Å². The van der Waals surface area contributed by atoms with Crippen LogP contribution in [0.2, 0.25) is 0 Å². The number of nitrogens with one attached hydrogen (secondary N) is 1. The zero-order chi connectivity index (χ0) is 10.4. The Balaban J connectivity index is 2.36. The molecule has 4 heteroatoms. The second kappa shape index (κ2) is 2.63. The monoisotopic (exact) mass is 198 g/mol. The summed E-state index contributed by atoms with van der Waals surface area (Å²) < 4.78 is 0. The van der Waals surface area contributed by atoms with E-state index in [4.69, 9.17) is 0 Å². The number of ketones is 2. The highest BCUT2D eigenvalue weighted by Crippen LogP contribution is 2.25. The van der Waals surface area contributed by atoms with Crippen molar-refractivity contribution in [3.8, 4) is 0 Å².